The van der Waals surface area contributed by atoms with Crippen molar-refractivity contribution in [3.05, 3.63) is 65.1 Å². The SMILES string of the molecule is Cc1nc2ncc(-c3ccc4c(c3)CC(C)C(Cc3ncnc(C)c3C)CCO4)cc2[nH]1. The van der Waals surface area contributed by atoms with Gasteiger partial charge in [0.15, 0.2) is 5.65 Å². The van der Waals surface area contributed by atoms with Gasteiger partial charge in [-0.3, -0.25) is 0 Å². The molecule has 0 radical (unpaired) electrons. The Labute approximate surface area is 188 Å². The molecule has 4 aromatic rings. The quantitative estimate of drug-likeness (QED) is 0.489. The second-order valence-electron chi connectivity index (χ2n) is 9.05. The van der Waals surface area contributed by atoms with E-state index in [9.17, 15) is 0 Å². The minimum atomic E-state index is 0.519. The maximum Gasteiger partial charge on any atom is 0.177 e. The van der Waals surface area contributed by atoms with Gasteiger partial charge in [0.1, 0.15) is 17.9 Å². The Morgan fingerprint density at radius 1 is 1.06 bits per heavy atom. The van der Waals surface area contributed by atoms with Crippen LogP contribution in [0.25, 0.3) is 22.3 Å². The average Bonchev–Trinajstić information content (AvgIpc) is 3.14. The molecule has 6 nitrogen and oxygen atoms in total. The largest absolute Gasteiger partial charge is 0.493 e. The molecule has 2 atom stereocenters. The highest BCUT2D eigenvalue weighted by molar-refractivity contribution is 5.78. The van der Waals surface area contributed by atoms with E-state index in [1.165, 1.54) is 11.1 Å². The number of nitrogens with zero attached hydrogens (tertiary/aromatic N) is 4. The number of aryl methyl sites for hydroxylation is 2. The number of hydrogen-bond acceptors (Lipinski definition) is 5. The van der Waals surface area contributed by atoms with Crippen LogP contribution in [0.4, 0.5) is 0 Å². The van der Waals surface area contributed by atoms with Gasteiger partial charge in [-0.05, 0) is 86.8 Å². The lowest BCUT2D eigenvalue weighted by molar-refractivity contribution is 0.220. The first-order valence-corrected chi connectivity index (χ1v) is 11.3. The zero-order valence-electron chi connectivity index (χ0n) is 19.1. The molecule has 0 bridgehead atoms. The zero-order chi connectivity index (χ0) is 22.2. The summed E-state index contributed by atoms with van der Waals surface area (Å²) in [6.07, 6.45) is 6.57. The molecule has 0 aliphatic carbocycles. The Bertz CT molecular complexity index is 1280. The number of hydrogen-bond donors (Lipinski definition) is 1. The third kappa shape index (κ3) is 3.97. The van der Waals surface area contributed by atoms with Gasteiger partial charge >= 0.3 is 0 Å². The topological polar surface area (TPSA) is 76.6 Å². The maximum atomic E-state index is 6.20. The number of H-pyrrole nitrogens is 1. The molecule has 3 aromatic heterocycles. The average molecular weight is 428 g/mol. The van der Waals surface area contributed by atoms with E-state index >= 15 is 0 Å². The maximum absolute atomic E-state index is 6.20. The molecule has 2 unspecified atom stereocenters. The lowest BCUT2D eigenvalue weighted by Crippen LogP contribution is -2.23. The van der Waals surface area contributed by atoms with Gasteiger partial charge in [-0.25, -0.2) is 19.9 Å². The normalized spacial score (nSPS) is 18.6. The zero-order valence-corrected chi connectivity index (χ0v) is 19.1. The summed E-state index contributed by atoms with van der Waals surface area (Å²) >= 11 is 0. The molecule has 1 aliphatic rings. The van der Waals surface area contributed by atoms with Crippen LogP contribution in [0.15, 0.2) is 36.8 Å². The van der Waals surface area contributed by atoms with E-state index in [1.807, 2.05) is 13.1 Å². The smallest absolute Gasteiger partial charge is 0.177 e. The molecule has 0 saturated carbocycles. The molecule has 4 heterocycles. The Morgan fingerprint density at radius 3 is 2.81 bits per heavy atom. The predicted molar refractivity (Wildman–Crippen MR) is 126 cm³/mol. The Morgan fingerprint density at radius 2 is 1.94 bits per heavy atom. The van der Waals surface area contributed by atoms with Gasteiger partial charge in [-0.15, -0.1) is 0 Å². The van der Waals surface area contributed by atoms with Crippen molar-refractivity contribution in [2.45, 2.75) is 47.0 Å². The van der Waals surface area contributed by atoms with Gasteiger partial charge in [0, 0.05) is 23.1 Å². The third-order valence-corrected chi connectivity index (χ3v) is 6.84. The van der Waals surface area contributed by atoms with Crippen LogP contribution in [0.5, 0.6) is 5.75 Å². The summed E-state index contributed by atoms with van der Waals surface area (Å²) < 4.78 is 6.20. The van der Waals surface area contributed by atoms with Crippen molar-refractivity contribution < 1.29 is 4.74 Å². The molecule has 0 amide bonds. The molecular weight excluding hydrogens is 398 g/mol. The Kier molecular flexibility index (Phi) is 5.37. The summed E-state index contributed by atoms with van der Waals surface area (Å²) in [4.78, 5) is 21.1. The number of fused-ring (bicyclic) bond motifs is 2. The fourth-order valence-corrected chi connectivity index (χ4v) is 4.70. The lowest BCUT2D eigenvalue weighted by Gasteiger charge is -2.28. The number of aromatic amines is 1. The van der Waals surface area contributed by atoms with Gasteiger partial charge < -0.3 is 9.72 Å². The van der Waals surface area contributed by atoms with E-state index in [2.05, 4.69) is 70.0 Å². The molecule has 6 heteroatoms. The van der Waals surface area contributed by atoms with Crippen molar-refractivity contribution in [2.24, 2.45) is 11.8 Å². The molecule has 32 heavy (non-hydrogen) atoms. The Hall–Kier alpha value is -3.28. The van der Waals surface area contributed by atoms with Crippen molar-refractivity contribution in [3.63, 3.8) is 0 Å². The minimum Gasteiger partial charge on any atom is -0.493 e. The van der Waals surface area contributed by atoms with Gasteiger partial charge in [0.2, 0.25) is 0 Å². The molecular formula is C26H29N5O. The van der Waals surface area contributed by atoms with Crippen LogP contribution in [-0.2, 0) is 12.8 Å². The highest BCUT2D eigenvalue weighted by Crippen LogP contribution is 2.34. The van der Waals surface area contributed by atoms with Crippen molar-refractivity contribution in [3.8, 4) is 16.9 Å². The van der Waals surface area contributed by atoms with Crippen LogP contribution < -0.4 is 4.74 Å². The highest BCUT2D eigenvalue weighted by Gasteiger charge is 2.24. The summed E-state index contributed by atoms with van der Waals surface area (Å²) in [7, 11) is 0. The summed E-state index contributed by atoms with van der Waals surface area (Å²) in [6, 6.07) is 8.63. The van der Waals surface area contributed by atoms with Crippen LogP contribution >= 0.6 is 0 Å². The van der Waals surface area contributed by atoms with Crippen LogP contribution in [0.2, 0.25) is 0 Å². The van der Waals surface area contributed by atoms with Crippen LogP contribution in [0, 0.1) is 32.6 Å². The minimum absolute atomic E-state index is 0.519. The van der Waals surface area contributed by atoms with Crippen molar-refractivity contribution in [2.75, 3.05) is 6.61 Å². The van der Waals surface area contributed by atoms with E-state index < -0.39 is 0 Å². The first-order chi connectivity index (χ1) is 15.5. The van der Waals surface area contributed by atoms with E-state index in [0.29, 0.717) is 11.8 Å². The van der Waals surface area contributed by atoms with E-state index in [-0.39, 0.29) is 0 Å². The summed E-state index contributed by atoms with van der Waals surface area (Å²) in [5.74, 6) is 2.92. The molecule has 1 N–H and O–H groups in total. The number of nitrogens with one attached hydrogen (secondary N) is 1. The Balaban J connectivity index is 1.41. The molecule has 1 aromatic carbocycles. The van der Waals surface area contributed by atoms with E-state index in [1.54, 1.807) is 6.33 Å². The van der Waals surface area contributed by atoms with Gasteiger partial charge in [-0.1, -0.05) is 13.0 Å². The molecule has 5 rings (SSSR count). The molecule has 1 aliphatic heterocycles. The second kappa shape index (κ2) is 8.34. The summed E-state index contributed by atoms with van der Waals surface area (Å²) in [5, 5.41) is 0. The number of benzene rings is 1. The van der Waals surface area contributed by atoms with Gasteiger partial charge in [0.05, 0.1) is 12.1 Å². The van der Waals surface area contributed by atoms with Crippen molar-refractivity contribution in [1.29, 1.82) is 0 Å². The monoisotopic (exact) mass is 427 g/mol. The first-order valence-electron chi connectivity index (χ1n) is 11.3. The summed E-state index contributed by atoms with van der Waals surface area (Å²) in [6.45, 7) is 9.22. The molecule has 164 valence electrons. The third-order valence-electron chi connectivity index (χ3n) is 6.84. The fourth-order valence-electron chi connectivity index (χ4n) is 4.70. The van der Waals surface area contributed by atoms with Crippen LogP contribution in [-0.4, -0.2) is 31.5 Å². The van der Waals surface area contributed by atoms with Gasteiger partial charge in [-0.2, -0.15) is 0 Å². The lowest BCUT2D eigenvalue weighted by atomic mass is 9.81. The molecule has 0 spiro atoms. The van der Waals surface area contributed by atoms with Gasteiger partial charge in [0.25, 0.3) is 0 Å². The number of rotatable bonds is 3. The van der Waals surface area contributed by atoms with Crippen LogP contribution in [0.1, 0.15) is 41.7 Å². The number of aromatic nitrogens is 5. The predicted octanol–water partition coefficient (Wildman–Crippen LogP) is 5.16. The highest BCUT2D eigenvalue weighted by atomic mass is 16.5. The van der Waals surface area contributed by atoms with E-state index in [0.717, 1.165) is 71.1 Å². The van der Waals surface area contributed by atoms with Crippen molar-refractivity contribution in [1.82, 2.24) is 24.9 Å². The second-order valence-corrected chi connectivity index (χ2v) is 9.05. The standard InChI is InChI=1S/C26H29N5O/c1-15-9-21-10-20(22-12-24-26(27-13-22)31-18(4)30-24)5-6-25(21)32-8-7-19(15)11-23-16(2)17(3)28-14-29-23/h5-6,10,12-15,19H,7-9,11H2,1-4H3,(H,27,30,31). The number of ether oxygens (including phenoxy) is 1. The van der Waals surface area contributed by atoms with Crippen LogP contribution in [0.3, 0.4) is 0 Å². The van der Waals surface area contributed by atoms with Crippen molar-refractivity contribution >= 4 is 11.2 Å². The first kappa shape index (κ1) is 20.6. The number of imidazole rings is 1. The molecule has 0 saturated heterocycles. The number of pyridine rings is 1. The summed E-state index contributed by atoms with van der Waals surface area (Å²) in [5.41, 5.74) is 8.66. The fraction of sp³-hybridized carbons (Fsp3) is 0.385. The van der Waals surface area contributed by atoms with E-state index in [4.69, 9.17) is 4.74 Å². The molecule has 0 fully saturated rings.